The van der Waals surface area contributed by atoms with Gasteiger partial charge in [0, 0.05) is 12.0 Å². The lowest BCUT2D eigenvalue weighted by Gasteiger charge is -2.26. The van der Waals surface area contributed by atoms with E-state index >= 15 is 0 Å². The Morgan fingerprint density at radius 2 is 1.89 bits per heavy atom. The number of hydrogen-bond donors (Lipinski definition) is 2. The van der Waals surface area contributed by atoms with Crippen LogP contribution in [-0.4, -0.2) is 25.7 Å². The Balaban J connectivity index is 0.00000280. The number of guanidine groups is 1. The number of aliphatic imine (C=N–C) groups is 1. The molecule has 2 aromatic carbocycles. The van der Waals surface area contributed by atoms with Gasteiger partial charge in [0.15, 0.2) is 5.96 Å². The van der Waals surface area contributed by atoms with Crippen molar-refractivity contribution in [1.29, 1.82) is 0 Å². The lowest BCUT2D eigenvalue weighted by molar-refractivity contribution is -0.137. The standard InChI is InChI=1S/C19H20F3N3O2.HI/c20-19(21,22)13-5-7-14(8-6-13)26-12-10-24-18(23)25-16-9-11-27-17-4-2-1-3-15(16)17;/h1-8,16H,9-12H2,(H3,23,24,25);1H. The lowest BCUT2D eigenvalue weighted by Crippen LogP contribution is -2.37. The van der Waals surface area contributed by atoms with Gasteiger partial charge in [-0.05, 0) is 30.3 Å². The van der Waals surface area contributed by atoms with E-state index in [0.29, 0.717) is 12.4 Å². The summed E-state index contributed by atoms with van der Waals surface area (Å²) in [6.45, 7) is 1.09. The van der Waals surface area contributed by atoms with Crippen molar-refractivity contribution < 1.29 is 22.6 Å². The summed E-state index contributed by atoms with van der Waals surface area (Å²) >= 11 is 0. The number of alkyl halides is 3. The zero-order valence-corrected chi connectivity index (χ0v) is 17.2. The van der Waals surface area contributed by atoms with Crippen molar-refractivity contribution in [3.8, 4) is 11.5 Å². The molecule has 1 atom stereocenters. The van der Waals surface area contributed by atoms with Gasteiger partial charge in [-0.25, -0.2) is 4.99 Å². The Hall–Kier alpha value is -2.17. The first kappa shape index (κ1) is 22.1. The van der Waals surface area contributed by atoms with Crippen molar-refractivity contribution in [2.45, 2.75) is 18.6 Å². The third-order valence-electron chi connectivity index (χ3n) is 4.10. The summed E-state index contributed by atoms with van der Waals surface area (Å²) in [7, 11) is 0. The van der Waals surface area contributed by atoms with Crippen molar-refractivity contribution in [3.63, 3.8) is 0 Å². The van der Waals surface area contributed by atoms with E-state index in [1.54, 1.807) is 0 Å². The monoisotopic (exact) mass is 507 g/mol. The Morgan fingerprint density at radius 3 is 2.61 bits per heavy atom. The molecule has 0 radical (unpaired) electrons. The lowest BCUT2D eigenvalue weighted by atomic mass is 10.0. The molecule has 0 aliphatic carbocycles. The van der Waals surface area contributed by atoms with Crippen LogP contribution >= 0.6 is 24.0 Å². The fourth-order valence-corrected chi connectivity index (χ4v) is 2.79. The molecule has 1 unspecified atom stereocenters. The quantitative estimate of drug-likeness (QED) is 0.277. The molecule has 28 heavy (non-hydrogen) atoms. The van der Waals surface area contributed by atoms with Gasteiger partial charge < -0.3 is 20.5 Å². The minimum absolute atomic E-state index is 0. The molecule has 0 bridgehead atoms. The van der Waals surface area contributed by atoms with Gasteiger partial charge >= 0.3 is 6.18 Å². The highest BCUT2D eigenvalue weighted by molar-refractivity contribution is 14.0. The van der Waals surface area contributed by atoms with Gasteiger partial charge in [-0.1, -0.05) is 18.2 Å². The number of hydrogen-bond acceptors (Lipinski definition) is 3. The van der Waals surface area contributed by atoms with Gasteiger partial charge in [-0.2, -0.15) is 13.2 Å². The van der Waals surface area contributed by atoms with Crippen molar-refractivity contribution in [2.75, 3.05) is 19.8 Å². The van der Waals surface area contributed by atoms with E-state index < -0.39 is 11.7 Å². The van der Waals surface area contributed by atoms with Crippen molar-refractivity contribution in [3.05, 3.63) is 59.7 Å². The van der Waals surface area contributed by atoms with E-state index in [1.165, 1.54) is 12.1 Å². The minimum atomic E-state index is -4.36. The maximum atomic E-state index is 12.5. The van der Waals surface area contributed by atoms with Crippen LogP contribution in [-0.2, 0) is 6.18 Å². The van der Waals surface area contributed by atoms with Crippen molar-refractivity contribution in [2.24, 2.45) is 10.7 Å². The highest BCUT2D eigenvalue weighted by Crippen LogP contribution is 2.31. The second-order valence-electron chi connectivity index (χ2n) is 6.01. The molecule has 3 rings (SSSR count). The fourth-order valence-electron chi connectivity index (χ4n) is 2.79. The molecule has 0 aromatic heterocycles. The van der Waals surface area contributed by atoms with E-state index in [-0.39, 0.29) is 49.1 Å². The average Bonchev–Trinajstić information content (AvgIpc) is 2.65. The highest BCUT2D eigenvalue weighted by atomic mass is 127. The van der Waals surface area contributed by atoms with Gasteiger partial charge in [0.1, 0.15) is 18.1 Å². The zero-order chi connectivity index (χ0) is 19.3. The summed E-state index contributed by atoms with van der Waals surface area (Å²) < 4.78 is 48.5. The average molecular weight is 507 g/mol. The molecule has 2 aromatic rings. The molecular formula is C19H21F3IN3O2. The van der Waals surface area contributed by atoms with E-state index in [0.717, 1.165) is 29.9 Å². The maximum Gasteiger partial charge on any atom is 0.416 e. The van der Waals surface area contributed by atoms with Crippen molar-refractivity contribution >= 4 is 29.9 Å². The maximum absolute atomic E-state index is 12.5. The number of benzene rings is 2. The molecule has 1 aliphatic rings. The first-order chi connectivity index (χ1) is 12.9. The van der Waals surface area contributed by atoms with Crippen LogP contribution in [0.5, 0.6) is 11.5 Å². The Bertz CT molecular complexity index is 798. The van der Waals surface area contributed by atoms with Crippen LogP contribution in [0.25, 0.3) is 0 Å². The molecule has 0 saturated heterocycles. The molecule has 3 N–H and O–H groups in total. The number of ether oxygens (including phenoxy) is 2. The van der Waals surface area contributed by atoms with Gasteiger partial charge in [-0.15, -0.1) is 24.0 Å². The van der Waals surface area contributed by atoms with Gasteiger partial charge in [0.2, 0.25) is 0 Å². The number of fused-ring (bicyclic) bond motifs is 1. The van der Waals surface area contributed by atoms with Crippen LogP contribution in [0.1, 0.15) is 23.6 Å². The van der Waals surface area contributed by atoms with Crippen LogP contribution in [0.2, 0.25) is 0 Å². The van der Waals surface area contributed by atoms with Crippen LogP contribution in [0.4, 0.5) is 13.2 Å². The normalized spacial score (nSPS) is 16.4. The summed E-state index contributed by atoms with van der Waals surface area (Å²) in [6.07, 6.45) is -3.58. The number of para-hydroxylation sites is 1. The molecule has 1 aliphatic heterocycles. The second-order valence-corrected chi connectivity index (χ2v) is 6.01. The highest BCUT2D eigenvalue weighted by Gasteiger charge is 2.30. The minimum Gasteiger partial charge on any atom is -0.493 e. The zero-order valence-electron chi connectivity index (χ0n) is 14.9. The van der Waals surface area contributed by atoms with Gasteiger partial charge in [0.25, 0.3) is 0 Å². The predicted molar refractivity (Wildman–Crippen MR) is 111 cm³/mol. The van der Waals surface area contributed by atoms with Crippen LogP contribution in [0, 0.1) is 0 Å². The predicted octanol–water partition coefficient (Wildman–Crippen LogP) is 4.13. The summed E-state index contributed by atoms with van der Waals surface area (Å²) in [5.41, 5.74) is 6.25. The van der Waals surface area contributed by atoms with E-state index in [1.807, 2.05) is 24.3 Å². The van der Waals surface area contributed by atoms with Crippen LogP contribution in [0.15, 0.2) is 53.5 Å². The molecule has 1 heterocycles. The second kappa shape index (κ2) is 9.85. The van der Waals surface area contributed by atoms with E-state index in [2.05, 4.69) is 10.3 Å². The number of nitrogens with zero attached hydrogens (tertiary/aromatic N) is 1. The first-order valence-corrected chi connectivity index (χ1v) is 8.52. The topological polar surface area (TPSA) is 68.9 Å². The molecule has 152 valence electrons. The fraction of sp³-hybridized carbons (Fsp3) is 0.316. The Morgan fingerprint density at radius 1 is 1.18 bits per heavy atom. The third-order valence-corrected chi connectivity index (χ3v) is 4.10. The molecule has 0 saturated carbocycles. The largest absolute Gasteiger partial charge is 0.493 e. The first-order valence-electron chi connectivity index (χ1n) is 8.52. The molecule has 0 fully saturated rings. The van der Waals surface area contributed by atoms with Gasteiger partial charge in [-0.3, -0.25) is 0 Å². The smallest absolute Gasteiger partial charge is 0.416 e. The third kappa shape index (κ3) is 5.91. The number of nitrogens with one attached hydrogen (secondary N) is 1. The van der Waals surface area contributed by atoms with E-state index in [9.17, 15) is 13.2 Å². The molecule has 0 amide bonds. The summed E-state index contributed by atoms with van der Waals surface area (Å²) in [5.74, 6) is 1.47. The van der Waals surface area contributed by atoms with E-state index in [4.69, 9.17) is 15.2 Å². The molecule has 0 spiro atoms. The molecule has 5 nitrogen and oxygen atoms in total. The summed E-state index contributed by atoms with van der Waals surface area (Å²) in [4.78, 5) is 4.20. The Labute approximate surface area is 178 Å². The summed E-state index contributed by atoms with van der Waals surface area (Å²) in [6, 6.07) is 12.3. The van der Waals surface area contributed by atoms with Crippen LogP contribution < -0.4 is 20.5 Å². The SMILES string of the molecule is I.NC(=NCCOc1ccc(C(F)(F)F)cc1)NC1CCOc2ccccc21. The van der Waals surface area contributed by atoms with Gasteiger partial charge in [0.05, 0.1) is 24.8 Å². The van der Waals surface area contributed by atoms with Crippen LogP contribution in [0.3, 0.4) is 0 Å². The number of nitrogens with two attached hydrogens (primary N) is 1. The Kier molecular flexibility index (Phi) is 7.78. The summed E-state index contributed by atoms with van der Waals surface area (Å²) in [5, 5.41) is 3.16. The van der Waals surface area contributed by atoms with Crippen molar-refractivity contribution in [1.82, 2.24) is 5.32 Å². The molecular weight excluding hydrogens is 486 g/mol. The number of halogens is 4. The number of rotatable bonds is 5. The molecule has 9 heteroatoms.